The third-order valence-electron chi connectivity index (χ3n) is 5.81. The van der Waals surface area contributed by atoms with Crippen LogP contribution in [-0.2, 0) is 9.59 Å². The molecule has 156 valence electrons. The Balaban J connectivity index is 1.59. The van der Waals surface area contributed by atoms with Gasteiger partial charge >= 0.3 is 0 Å². The predicted molar refractivity (Wildman–Crippen MR) is 109 cm³/mol. The van der Waals surface area contributed by atoms with Crippen LogP contribution in [0, 0.1) is 17.6 Å². The lowest BCUT2D eigenvalue weighted by atomic mass is 9.84. The van der Waals surface area contributed by atoms with Gasteiger partial charge in [0.05, 0.1) is 11.8 Å². The van der Waals surface area contributed by atoms with Crippen LogP contribution in [0.3, 0.4) is 0 Å². The summed E-state index contributed by atoms with van der Waals surface area (Å²) in [6.07, 6.45) is 3.04. The third-order valence-corrected chi connectivity index (χ3v) is 5.81. The molecule has 30 heavy (non-hydrogen) atoms. The van der Waals surface area contributed by atoms with Crippen molar-refractivity contribution in [3.63, 3.8) is 0 Å². The SMILES string of the molecule is CN(CC(=O)N1N=C(c2ccc(F)cc2)CC1c1ccccc1F)C(=O)C1CCC1. The number of benzene rings is 2. The van der Waals surface area contributed by atoms with Crippen molar-refractivity contribution in [2.45, 2.75) is 31.7 Å². The minimum Gasteiger partial charge on any atom is -0.336 e. The van der Waals surface area contributed by atoms with Gasteiger partial charge in [-0.3, -0.25) is 9.59 Å². The maximum absolute atomic E-state index is 14.5. The summed E-state index contributed by atoms with van der Waals surface area (Å²) in [7, 11) is 1.61. The summed E-state index contributed by atoms with van der Waals surface area (Å²) in [5.41, 5.74) is 1.61. The van der Waals surface area contributed by atoms with Gasteiger partial charge in [-0.25, -0.2) is 13.8 Å². The van der Waals surface area contributed by atoms with Crippen LogP contribution in [0.1, 0.15) is 42.9 Å². The highest BCUT2D eigenvalue weighted by atomic mass is 19.1. The van der Waals surface area contributed by atoms with Crippen molar-refractivity contribution in [2.75, 3.05) is 13.6 Å². The van der Waals surface area contributed by atoms with E-state index in [2.05, 4.69) is 5.10 Å². The largest absolute Gasteiger partial charge is 0.336 e. The van der Waals surface area contributed by atoms with E-state index in [0.717, 1.165) is 19.3 Å². The summed E-state index contributed by atoms with van der Waals surface area (Å²) >= 11 is 0. The van der Waals surface area contributed by atoms with Gasteiger partial charge in [0.25, 0.3) is 5.91 Å². The highest BCUT2D eigenvalue weighted by molar-refractivity contribution is 6.03. The average molecular weight is 411 g/mol. The number of halogens is 2. The number of carbonyl (C=O) groups is 2. The molecule has 2 aliphatic rings. The minimum atomic E-state index is -0.619. The first-order valence-corrected chi connectivity index (χ1v) is 10.1. The van der Waals surface area contributed by atoms with E-state index < -0.39 is 11.9 Å². The molecule has 4 rings (SSSR count). The van der Waals surface area contributed by atoms with Crippen LogP contribution in [0.25, 0.3) is 0 Å². The normalized spacial score (nSPS) is 18.7. The molecule has 0 radical (unpaired) electrons. The van der Waals surface area contributed by atoms with Crippen LogP contribution < -0.4 is 0 Å². The van der Waals surface area contributed by atoms with Crippen LogP contribution in [0.15, 0.2) is 53.6 Å². The molecule has 0 N–H and O–H groups in total. The number of rotatable bonds is 5. The van der Waals surface area contributed by atoms with Crippen molar-refractivity contribution in [1.29, 1.82) is 0 Å². The topological polar surface area (TPSA) is 53.0 Å². The van der Waals surface area contributed by atoms with Gasteiger partial charge < -0.3 is 4.90 Å². The fourth-order valence-corrected chi connectivity index (χ4v) is 3.86. The van der Waals surface area contributed by atoms with Crippen LogP contribution in [0.2, 0.25) is 0 Å². The van der Waals surface area contributed by atoms with Crippen LogP contribution >= 0.6 is 0 Å². The van der Waals surface area contributed by atoms with Crippen LogP contribution in [0.4, 0.5) is 8.78 Å². The molecule has 1 aliphatic carbocycles. The summed E-state index contributed by atoms with van der Waals surface area (Å²) in [4.78, 5) is 26.9. The van der Waals surface area contributed by atoms with Gasteiger partial charge in [0.2, 0.25) is 5.91 Å². The number of hydrazone groups is 1. The van der Waals surface area contributed by atoms with E-state index in [1.165, 1.54) is 28.1 Å². The fraction of sp³-hybridized carbons (Fsp3) is 0.348. The number of nitrogens with zero attached hydrogens (tertiary/aromatic N) is 3. The average Bonchev–Trinajstić information content (AvgIpc) is 3.12. The lowest BCUT2D eigenvalue weighted by Crippen LogP contribution is -2.43. The van der Waals surface area contributed by atoms with Crippen LogP contribution in [-0.4, -0.2) is 41.0 Å². The molecule has 2 aromatic rings. The first kappa shape index (κ1) is 20.2. The monoisotopic (exact) mass is 411 g/mol. The molecule has 1 fully saturated rings. The first-order valence-electron chi connectivity index (χ1n) is 10.1. The summed E-state index contributed by atoms with van der Waals surface area (Å²) in [6, 6.07) is 11.5. The van der Waals surface area contributed by atoms with E-state index in [4.69, 9.17) is 0 Å². The number of carbonyl (C=O) groups excluding carboxylic acids is 2. The minimum absolute atomic E-state index is 0.0120. The second kappa shape index (κ2) is 8.34. The molecule has 0 aromatic heterocycles. The molecule has 2 aromatic carbocycles. The second-order valence-electron chi connectivity index (χ2n) is 7.86. The number of likely N-dealkylation sites (N-methyl/N-ethyl adjacent to an activating group) is 1. The maximum atomic E-state index is 14.5. The van der Waals surface area contributed by atoms with E-state index in [-0.39, 0.29) is 30.1 Å². The summed E-state index contributed by atoms with van der Waals surface area (Å²) in [5, 5.41) is 5.72. The van der Waals surface area contributed by atoms with Crippen molar-refractivity contribution in [1.82, 2.24) is 9.91 Å². The molecule has 1 saturated carbocycles. The van der Waals surface area contributed by atoms with Crippen molar-refractivity contribution < 1.29 is 18.4 Å². The molecule has 0 spiro atoms. The van der Waals surface area contributed by atoms with Gasteiger partial charge in [-0.05, 0) is 36.6 Å². The van der Waals surface area contributed by atoms with Crippen molar-refractivity contribution in [3.05, 3.63) is 71.3 Å². The molecule has 5 nitrogen and oxygen atoms in total. The van der Waals surface area contributed by atoms with Gasteiger partial charge in [-0.15, -0.1) is 0 Å². The van der Waals surface area contributed by atoms with E-state index in [1.54, 1.807) is 37.4 Å². The van der Waals surface area contributed by atoms with E-state index in [0.29, 0.717) is 23.3 Å². The number of hydrogen-bond donors (Lipinski definition) is 0. The maximum Gasteiger partial charge on any atom is 0.262 e. The smallest absolute Gasteiger partial charge is 0.262 e. The Morgan fingerprint density at radius 3 is 2.43 bits per heavy atom. The van der Waals surface area contributed by atoms with E-state index in [9.17, 15) is 18.4 Å². The van der Waals surface area contributed by atoms with Gasteiger partial charge in [0.1, 0.15) is 18.2 Å². The fourth-order valence-electron chi connectivity index (χ4n) is 3.86. The Morgan fingerprint density at radius 2 is 1.80 bits per heavy atom. The van der Waals surface area contributed by atoms with Crippen LogP contribution in [0.5, 0.6) is 0 Å². The van der Waals surface area contributed by atoms with Crippen molar-refractivity contribution in [3.8, 4) is 0 Å². The van der Waals surface area contributed by atoms with Gasteiger partial charge in [-0.2, -0.15) is 5.10 Å². The standard InChI is InChI=1S/C23H23F2N3O2/c1-27(23(30)16-5-4-6-16)14-22(29)28-21(18-7-2-3-8-19(18)25)13-20(26-28)15-9-11-17(24)12-10-15/h2-3,7-12,16,21H,4-6,13-14H2,1H3. The summed E-state index contributed by atoms with van der Waals surface area (Å²) in [5.74, 6) is -1.22. The molecular formula is C23H23F2N3O2. The van der Waals surface area contributed by atoms with Gasteiger partial charge in [0, 0.05) is 24.9 Å². The lowest BCUT2D eigenvalue weighted by Gasteiger charge is -2.30. The quantitative estimate of drug-likeness (QED) is 0.749. The van der Waals surface area contributed by atoms with Gasteiger partial charge in [0.15, 0.2) is 0 Å². The predicted octanol–water partition coefficient (Wildman–Crippen LogP) is 3.90. The Kier molecular flexibility index (Phi) is 5.61. The third kappa shape index (κ3) is 3.97. The molecule has 1 aliphatic heterocycles. The molecular weight excluding hydrogens is 388 g/mol. The highest BCUT2D eigenvalue weighted by Crippen LogP contribution is 2.34. The number of amides is 2. The summed E-state index contributed by atoms with van der Waals surface area (Å²) < 4.78 is 27.8. The Bertz CT molecular complexity index is 986. The molecule has 7 heteroatoms. The summed E-state index contributed by atoms with van der Waals surface area (Å²) in [6.45, 7) is -0.125. The Morgan fingerprint density at radius 1 is 1.10 bits per heavy atom. The molecule has 0 saturated heterocycles. The molecule has 2 amide bonds. The van der Waals surface area contributed by atoms with E-state index >= 15 is 0 Å². The zero-order valence-electron chi connectivity index (χ0n) is 16.7. The lowest BCUT2D eigenvalue weighted by molar-refractivity contribution is -0.144. The van der Waals surface area contributed by atoms with E-state index in [1.807, 2.05) is 0 Å². The molecule has 1 unspecified atom stereocenters. The highest BCUT2D eigenvalue weighted by Gasteiger charge is 2.36. The second-order valence-corrected chi connectivity index (χ2v) is 7.86. The van der Waals surface area contributed by atoms with Crippen molar-refractivity contribution in [2.24, 2.45) is 11.0 Å². The zero-order valence-corrected chi connectivity index (χ0v) is 16.7. The number of hydrogen-bond acceptors (Lipinski definition) is 3. The molecule has 1 heterocycles. The van der Waals surface area contributed by atoms with Crippen molar-refractivity contribution >= 4 is 17.5 Å². The molecule has 1 atom stereocenters. The Hall–Kier alpha value is -3.09. The Labute approximate surface area is 174 Å². The first-order chi connectivity index (χ1) is 14.4. The zero-order chi connectivity index (χ0) is 21.3. The van der Waals surface area contributed by atoms with Gasteiger partial charge in [-0.1, -0.05) is 36.8 Å². The molecule has 0 bridgehead atoms.